The second kappa shape index (κ2) is 34.1. The van der Waals surface area contributed by atoms with E-state index in [-0.39, 0.29) is 54.3 Å². The van der Waals surface area contributed by atoms with Crippen LogP contribution in [0.15, 0.2) is 194 Å². The molecule has 0 heterocycles. The van der Waals surface area contributed by atoms with E-state index in [0.717, 1.165) is 25.2 Å². The molecule has 0 spiro atoms. The van der Waals surface area contributed by atoms with Crippen LogP contribution in [0.4, 0.5) is 0 Å². The van der Waals surface area contributed by atoms with Gasteiger partial charge in [0.25, 0.3) is 0 Å². The number of nitrogens with zero attached hydrogens (tertiary/aromatic N) is 3. The molecule has 0 amide bonds. The van der Waals surface area contributed by atoms with Gasteiger partial charge in [-0.1, -0.05) is 146 Å². The minimum absolute atomic E-state index is 0. The van der Waals surface area contributed by atoms with Gasteiger partial charge in [0.15, 0.2) is 0 Å². The largest absolute Gasteiger partial charge is 1.00 e. The van der Waals surface area contributed by atoms with Crippen LogP contribution in [0, 0.1) is 21.8 Å². The van der Waals surface area contributed by atoms with Crippen molar-refractivity contribution in [2.75, 3.05) is 47.6 Å². The van der Waals surface area contributed by atoms with Crippen LogP contribution in [0.3, 0.4) is 0 Å². The Morgan fingerprint density at radius 2 is 0.750 bits per heavy atom. The molecule has 1 radical (unpaired) electrons. The third-order valence-corrected chi connectivity index (χ3v) is 14.6. The van der Waals surface area contributed by atoms with Crippen molar-refractivity contribution in [3.63, 3.8) is 0 Å². The van der Waals surface area contributed by atoms with E-state index in [1.807, 2.05) is 18.2 Å². The zero-order valence-corrected chi connectivity index (χ0v) is 43.9. The Balaban J connectivity index is 0.000000920. The zero-order valence-electron chi connectivity index (χ0n) is 38.7. The summed E-state index contributed by atoms with van der Waals surface area (Å²) in [4.78, 5) is 6.63. The Morgan fingerprint density at radius 1 is 0.438 bits per heavy atom. The standard InChI is InChI=1S/2C21H22NP.C10H14N.CH2Cl2.2CH3.2Cu/c2*1-22(2)17-18-11-9-10-16-21(18)23(19-12-5-3-6-13-19)20-14-7-4-8-15-20;1-9-6-4-5-7-10(9)8-11(2)3;2-1-3;;;;/h2*3-16H,17H2,1-2H3;4-7H,1,8H2,2-3H3;1H2;2*1H3;;/q;;-1;;2*-1;;+1/p+1. The van der Waals surface area contributed by atoms with Gasteiger partial charge in [-0.05, 0) is 109 Å². The SMILES string of the molecule is CN(C)Cc1ccccc1P(c1ccccc1)c1ccccc1.CN(C)Cc1ccccc1[PH+](c1ccccc1)c1ccccc1.ClCCl.[CH2-]c1ccccc1CN(C)C.[CH3-].[CH3-].[Cu+].[Cu]. The van der Waals surface area contributed by atoms with Gasteiger partial charge in [0, 0.05) is 35.7 Å². The van der Waals surface area contributed by atoms with E-state index in [4.69, 9.17) is 23.2 Å². The maximum Gasteiger partial charge on any atom is 1.00 e. The van der Waals surface area contributed by atoms with Crippen LogP contribution >= 0.6 is 39.0 Å². The van der Waals surface area contributed by atoms with Crippen molar-refractivity contribution in [1.82, 2.24) is 14.7 Å². The normalized spacial score (nSPS) is 10.1. The summed E-state index contributed by atoms with van der Waals surface area (Å²) in [5, 5.41) is 8.82. The van der Waals surface area contributed by atoms with E-state index in [2.05, 4.69) is 240 Å². The summed E-state index contributed by atoms with van der Waals surface area (Å²) in [6.45, 7) is 6.86. The molecule has 0 bridgehead atoms. The third kappa shape index (κ3) is 20.5. The minimum atomic E-state index is -0.979. The van der Waals surface area contributed by atoms with Crippen molar-refractivity contribution >= 4 is 70.9 Å². The molecule has 9 heteroatoms. The van der Waals surface area contributed by atoms with Crippen LogP contribution in [0.5, 0.6) is 0 Å². The summed E-state index contributed by atoms with van der Waals surface area (Å²) >= 11 is 9.53. The summed E-state index contributed by atoms with van der Waals surface area (Å²) in [7, 11) is 11.1. The summed E-state index contributed by atoms with van der Waals surface area (Å²) in [5.74, 6) is 0. The van der Waals surface area contributed by atoms with Gasteiger partial charge in [-0.15, -0.1) is 40.9 Å². The molecule has 0 atom stereocenters. The second-order valence-electron chi connectivity index (χ2n) is 15.0. The Labute approximate surface area is 422 Å². The van der Waals surface area contributed by atoms with Crippen LogP contribution in [-0.4, -0.2) is 62.3 Å². The van der Waals surface area contributed by atoms with E-state index in [1.165, 1.54) is 48.5 Å². The molecule has 0 aliphatic rings. The number of benzene rings is 7. The quantitative estimate of drug-likeness (QED) is 0.0523. The summed E-state index contributed by atoms with van der Waals surface area (Å²) < 4.78 is 0. The zero-order chi connectivity index (χ0) is 43.1. The molecule has 0 aliphatic carbocycles. The van der Waals surface area contributed by atoms with Gasteiger partial charge in [-0.25, -0.2) is 0 Å². The van der Waals surface area contributed by atoms with Crippen molar-refractivity contribution in [2.45, 2.75) is 19.6 Å². The maximum atomic E-state index is 4.76. The van der Waals surface area contributed by atoms with Crippen molar-refractivity contribution in [2.24, 2.45) is 0 Å². The van der Waals surface area contributed by atoms with E-state index >= 15 is 0 Å². The molecule has 0 aromatic heterocycles. The number of rotatable bonds is 12. The predicted octanol–water partition coefficient (Wildman–Crippen LogP) is 11.0. The van der Waals surface area contributed by atoms with Gasteiger partial charge in [0.2, 0.25) is 0 Å². The average molecular weight is 1030 g/mol. The maximum absolute atomic E-state index is 4.76. The molecular weight excluding hydrogens is 963 g/mol. The first-order chi connectivity index (χ1) is 29.1. The molecule has 0 fully saturated rings. The van der Waals surface area contributed by atoms with Gasteiger partial charge >= 0.3 is 17.1 Å². The van der Waals surface area contributed by atoms with Gasteiger partial charge < -0.3 is 29.6 Å². The van der Waals surface area contributed by atoms with Crippen LogP contribution in [0.25, 0.3) is 0 Å². The number of hydrogen-bond donors (Lipinski definition) is 0. The van der Waals surface area contributed by atoms with Crippen LogP contribution < -0.4 is 31.8 Å². The van der Waals surface area contributed by atoms with Crippen molar-refractivity contribution in [3.05, 3.63) is 238 Å². The molecule has 64 heavy (non-hydrogen) atoms. The molecule has 0 saturated carbocycles. The molecule has 349 valence electrons. The first kappa shape index (κ1) is 60.8. The summed E-state index contributed by atoms with van der Waals surface area (Å²) in [5.41, 5.74) is 5.27. The Hall–Kier alpha value is -3.23. The molecule has 0 N–H and O–H groups in total. The first-order valence-electron chi connectivity index (χ1n) is 20.1. The molecule has 0 aliphatic heterocycles. The Kier molecular flexibility index (Phi) is 32.4. The van der Waals surface area contributed by atoms with Crippen LogP contribution in [-0.2, 0) is 53.8 Å². The van der Waals surface area contributed by atoms with E-state index in [9.17, 15) is 0 Å². The Bertz CT molecular complexity index is 2000. The summed E-state index contributed by atoms with van der Waals surface area (Å²) in [6.07, 6.45) is 0. The fourth-order valence-electron chi connectivity index (χ4n) is 6.77. The second-order valence-corrected chi connectivity index (χ2v) is 20.4. The fraction of sp³-hybridized carbons (Fsp3) is 0.182. The third-order valence-electron chi connectivity index (χ3n) is 9.25. The number of halogens is 2. The number of alkyl halides is 2. The minimum Gasteiger partial charge on any atom is -0.358 e. The molecule has 7 aromatic carbocycles. The van der Waals surface area contributed by atoms with Gasteiger partial charge in [0.05, 0.1) is 13.3 Å². The summed E-state index contributed by atoms with van der Waals surface area (Å²) in [6, 6.07) is 69.6. The molecule has 7 rings (SSSR count). The molecule has 7 aromatic rings. The topological polar surface area (TPSA) is 9.72 Å². The van der Waals surface area contributed by atoms with Crippen LogP contribution in [0.1, 0.15) is 22.3 Å². The van der Waals surface area contributed by atoms with Crippen molar-refractivity contribution < 1.29 is 34.1 Å². The van der Waals surface area contributed by atoms with E-state index in [0.29, 0.717) is 0 Å². The number of hydrogen-bond acceptors (Lipinski definition) is 3. The average Bonchev–Trinajstić information content (AvgIpc) is 3.25. The molecular formula is C55H67Cl2Cu2N3P2-. The van der Waals surface area contributed by atoms with Gasteiger partial charge in [0.1, 0.15) is 15.9 Å². The first-order valence-corrected chi connectivity index (χ1v) is 24.0. The van der Waals surface area contributed by atoms with E-state index in [1.54, 1.807) is 0 Å². The van der Waals surface area contributed by atoms with E-state index < -0.39 is 15.8 Å². The predicted molar refractivity (Wildman–Crippen MR) is 284 cm³/mol. The van der Waals surface area contributed by atoms with Gasteiger partial charge in [-0.2, -0.15) is 18.6 Å². The van der Waals surface area contributed by atoms with Crippen LogP contribution in [0.2, 0.25) is 0 Å². The van der Waals surface area contributed by atoms with Crippen molar-refractivity contribution in [1.29, 1.82) is 0 Å². The Morgan fingerprint density at radius 3 is 1.17 bits per heavy atom. The van der Waals surface area contributed by atoms with Gasteiger partial charge in [-0.3, -0.25) is 0 Å². The van der Waals surface area contributed by atoms with Crippen molar-refractivity contribution in [3.8, 4) is 0 Å². The monoisotopic (exact) mass is 1030 g/mol. The molecule has 0 unspecified atom stereocenters. The molecule has 3 nitrogen and oxygen atoms in total. The molecule has 0 saturated heterocycles. The fourth-order valence-corrected chi connectivity index (χ4v) is 12.0. The smallest absolute Gasteiger partial charge is 0.358 e.